The molecule has 1 unspecified atom stereocenters. The number of piperidine rings is 2. The van der Waals surface area contributed by atoms with Crippen LogP contribution in [0.15, 0.2) is 60.9 Å². The van der Waals surface area contributed by atoms with Crippen LogP contribution in [-0.2, 0) is 22.7 Å². The van der Waals surface area contributed by atoms with Crippen molar-refractivity contribution in [3.8, 4) is 0 Å². The molecule has 2 N–H and O–H groups in total. The van der Waals surface area contributed by atoms with Gasteiger partial charge >= 0.3 is 0 Å². The number of rotatable bonds is 6. The zero-order valence-corrected chi connectivity index (χ0v) is 21.1. The van der Waals surface area contributed by atoms with Crippen LogP contribution in [0.25, 0.3) is 0 Å². The highest BCUT2D eigenvalue weighted by molar-refractivity contribution is 6.05. The number of aromatic nitrogens is 2. The van der Waals surface area contributed by atoms with Crippen LogP contribution in [0.2, 0.25) is 0 Å². The number of hydrogen-bond acceptors (Lipinski definition) is 7. The van der Waals surface area contributed by atoms with Gasteiger partial charge in [-0.3, -0.25) is 24.6 Å². The van der Waals surface area contributed by atoms with Gasteiger partial charge in [-0.25, -0.2) is 9.97 Å². The van der Waals surface area contributed by atoms with Crippen molar-refractivity contribution >= 4 is 29.4 Å². The molecular weight excluding hydrogens is 480 g/mol. The highest BCUT2D eigenvalue weighted by atomic mass is 16.2. The van der Waals surface area contributed by atoms with Crippen LogP contribution >= 0.6 is 0 Å². The van der Waals surface area contributed by atoms with Gasteiger partial charge in [0.1, 0.15) is 17.7 Å². The van der Waals surface area contributed by atoms with Gasteiger partial charge in [-0.2, -0.15) is 0 Å². The van der Waals surface area contributed by atoms with Crippen molar-refractivity contribution in [1.82, 2.24) is 25.1 Å². The fourth-order valence-corrected chi connectivity index (χ4v) is 5.74. The first-order valence-corrected chi connectivity index (χ1v) is 13.2. The number of nitrogens with zero attached hydrogens (tertiary/aromatic N) is 4. The van der Waals surface area contributed by atoms with Crippen molar-refractivity contribution < 1.29 is 14.4 Å². The van der Waals surface area contributed by atoms with Crippen LogP contribution in [-0.4, -0.2) is 56.6 Å². The lowest BCUT2D eigenvalue weighted by atomic mass is 9.88. The molecule has 3 amide bonds. The summed E-state index contributed by atoms with van der Waals surface area (Å²) in [7, 11) is 0. The van der Waals surface area contributed by atoms with Crippen molar-refractivity contribution in [2.75, 3.05) is 18.4 Å². The topological polar surface area (TPSA) is 108 Å². The molecule has 0 spiro atoms. The maximum absolute atomic E-state index is 13.0. The standard InChI is InChI=1S/C29H30N6O3/c36-27-7-6-24(28(37)33-27)35-18-22-16-21(4-5-23(22)29(35)38)20-9-13-34(14-10-20)17-19-8-12-31-26(15-19)32-25-3-1-2-11-30-25/h1-5,8,11-12,15-16,20,24H,6-7,9-10,13-14,17-18H2,(H,30,31,32)(H,33,36,37). The second-order valence-electron chi connectivity index (χ2n) is 10.3. The molecule has 194 valence electrons. The van der Waals surface area contributed by atoms with Gasteiger partial charge in [0.15, 0.2) is 0 Å². The van der Waals surface area contributed by atoms with E-state index in [1.54, 1.807) is 11.1 Å². The van der Waals surface area contributed by atoms with Crippen molar-refractivity contribution in [3.05, 3.63) is 83.2 Å². The third kappa shape index (κ3) is 5.02. The summed E-state index contributed by atoms with van der Waals surface area (Å²) in [6.07, 6.45) is 6.33. The number of benzene rings is 1. The Labute approximate surface area is 221 Å². The summed E-state index contributed by atoms with van der Waals surface area (Å²) in [5.41, 5.74) is 4.11. The molecule has 0 saturated carbocycles. The van der Waals surface area contributed by atoms with E-state index in [4.69, 9.17) is 0 Å². The summed E-state index contributed by atoms with van der Waals surface area (Å²) >= 11 is 0. The molecule has 9 heteroatoms. The largest absolute Gasteiger partial charge is 0.325 e. The maximum Gasteiger partial charge on any atom is 0.255 e. The molecule has 0 aliphatic carbocycles. The van der Waals surface area contributed by atoms with E-state index in [9.17, 15) is 14.4 Å². The SMILES string of the molecule is O=C1CCC(N2Cc3cc(C4CCN(Cc5ccnc(Nc6ccccn6)c5)CC4)ccc3C2=O)C(=O)N1. The Morgan fingerprint density at radius 1 is 0.921 bits per heavy atom. The minimum atomic E-state index is -0.577. The maximum atomic E-state index is 13.0. The Morgan fingerprint density at radius 3 is 2.55 bits per heavy atom. The van der Waals surface area contributed by atoms with E-state index in [1.165, 1.54) is 11.1 Å². The zero-order chi connectivity index (χ0) is 26.1. The zero-order valence-electron chi connectivity index (χ0n) is 21.1. The highest BCUT2D eigenvalue weighted by Gasteiger charge is 2.39. The summed E-state index contributed by atoms with van der Waals surface area (Å²) < 4.78 is 0. The van der Waals surface area contributed by atoms with Crippen molar-refractivity contribution in [2.24, 2.45) is 0 Å². The lowest BCUT2D eigenvalue weighted by Gasteiger charge is -2.32. The number of anilines is 2. The molecule has 3 aromatic rings. The van der Waals surface area contributed by atoms with E-state index < -0.39 is 6.04 Å². The van der Waals surface area contributed by atoms with Crippen molar-refractivity contribution in [2.45, 2.75) is 50.7 Å². The predicted octanol–water partition coefficient (Wildman–Crippen LogP) is 3.36. The minimum Gasteiger partial charge on any atom is -0.325 e. The quantitative estimate of drug-likeness (QED) is 0.490. The van der Waals surface area contributed by atoms with Gasteiger partial charge in [0.25, 0.3) is 5.91 Å². The van der Waals surface area contributed by atoms with E-state index in [0.717, 1.165) is 49.7 Å². The normalized spacial score (nSPS) is 20.4. The summed E-state index contributed by atoms with van der Waals surface area (Å²) in [6.45, 7) is 3.28. The third-order valence-corrected chi connectivity index (χ3v) is 7.76. The molecular formula is C29H30N6O3. The number of imide groups is 1. The van der Waals surface area contributed by atoms with Gasteiger partial charge in [0.2, 0.25) is 11.8 Å². The van der Waals surface area contributed by atoms with E-state index in [0.29, 0.717) is 24.4 Å². The fraction of sp³-hybridized carbons (Fsp3) is 0.345. The lowest BCUT2D eigenvalue weighted by molar-refractivity contribution is -0.136. The Hall–Kier alpha value is -4.11. The van der Waals surface area contributed by atoms with Crippen LogP contribution in [0, 0.1) is 0 Å². The first kappa shape index (κ1) is 24.2. The van der Waals surface area contributed by atoms with Crippen molar-refractivity contribution in [3.63, 3.8) is 0 Å². The second-order valence-corrected chi connectivity index (χ2v) is 10.3. The Bertz CT molecular complexity index is 1370. The van der Waals surface area contributed by atoms with Gasteiger partial charge in [-0.15, -0.1) is 0 Å². The molecule has 0 radical (unpaired) electrons. The van der Waals surface area contributed by atoms with Gasteiger partial charge in [0, 0.05) is 37.5 Å². The van der Waals surface area contributed by atoms with Crippen molar-refractivity contribution in [1.29, 1.82) is 0 Å². The number of hydrogen-bond donors (Lipinski definition) is 2. The van der Waals surface area contributed by atoms with Crippen LogP contribution in [0.3, 0.4) is 0 Å². The Balaban J connectivity index is 1.06. The number of amides is 3. The van der Waals surface area contributed by atoms with Crippen LogP contribution in [0.4, 0.5) is 11.6 Å². The summed E-state index contributed by atoms with van der Waals surface area (Å²) in [4.78, 5) is 49.6. The first-order chi connectivity index (χ1) is 18.5. The number of fused-ring (bicyclic) bond motifs is 1. The van der Waals surface area contributed by atoms with Gasteiger partial charge < -0.3 is 10.2 Å². The van der Waals surface area contributed by atoms with Crippen LogP contribution in [0.5, 0.6) is 0 Å². The Kier molecular flexibility index (Phi) is 6.59. The van der Waals surface area contributed by atoms with E-state index in [1.807, 2.05) is 30.5 Å². The highest BCUT2D eigenvalue weighted by Crippen LogP contribution is 2.34. The summed E-state index contributed by atoms with van der Waals surface area (Å²) in [6, 6.07) is 15.4. The monoisotopic (exact) mass is 510 g/mol. The molecule has 38 heavy (non-hydrogen) atoms. The molecule has 3 aliphatic heterocycles. The average molecular weight is 511 g/mol. The molecule has 2 fully saturated rings. The number of pyridine rings is 2. The minimum absolute atomic E-state index is 0.120. The smallest absolute Gasteiger partial charge is 0.255 e. The van der Waals surface area contributed by atoms with Crippen LogP contribution < -0.4 is 10.6 Å². The first-order valence-electron chi connectivity index (χ1n) is 13.2. The van der Waals surface area contributed by atoms with Gasteiger partial charge in [-0.05, 0) is 85.3 Å². The average Bonchev–Trinajstić information content (AvgIpc) is 3.25. The number of carbonyl (C=O) groups excluding carboxylic acids is 3. The van der Waals surface area contributed by atoms with Crippen LogP contribution in [0.1, 0.15) is 58.6 Å². The molecule has 2 aromatic heterocycles. The second kappa shape index (κ2) is 10.3. The molecule has 1 atom stereocenters. The van der Waals surface area contributed by atoms with E-state index in [-0.39, 0.29) is 24.1 Å². The van der Waals surface area contributed by atoms with Gasteiger partial charge in [0.05, 0.1) is 0 Å². The molecule has 0 bridgehead atoms. The predicted molar refractivity (Wildman–Crippen MR) is 141 cm³/mol. The molecule has 9 nitrogen and oxygen atoms in total. The number of likely N-dealkylation sites (tertiary alicyclic amines) is 1. The summed E-state index contributed by atoms with van der Waals surface area (Å²) in [5, 5.41) is 5.62. The van der Waals surface area contributed by atoms with Gasteiger partial charge in [-0.1, -0.05) is 18.2 Å². The fourth-order valence-electron chi connectivity index (χ4n) is 5.74. The molecule has 3 aliphatic rings. The van der Waals surface area contributed by atoms with E-state index >= 15 is 0 Å². The molecule has 1 aromatic carbocycles. The molecule has 2 saturated heterocycles. The third-order valence-electron chi connectivity index (χ3n) is 7.76. The lowest BCUT2D eigenvalue weighted by Crippen LogP contribution is -2.52. The molecule has 6 rings (SSSR count). The molecule has 5 heterocycles. The number of carbonyl (C=O) groups is 3. The summed E-state index contributed by atoms with van der Waals surface area (Å²) in [5.74, 6) is 1.24. The van der Waals surface area contributed by atoms with E-state index in [2.05, 4.69) is 49.8 Å². The number of nitrogens with one attached hydrogen (secondary N) is 2. The Morgan fingerprint density at radius 2 is 1.76 bits per heavy atom.